The van der Waals surface area contributed by atoms with Gasteiger partial charge in [0.25, 0.3) is 0 Å². The Kier molecular flexibility index (Phi) is 7.51. The second kappa shape index (κ2) is 10.7. The molecular formula is C25H27N5O4S. The van der Waals surface area contributed by atoms with Gasteiger partial charge in [0.05, 0.1) is 35.9 Å². The standard InChI is InChI=1S/C25H27N5O4S/c1-27-35(31,32)21-7-8-24(33-2)22(12-21)19-11-23-25(30-14-19)34-20(16-29-23)15-28-10-9-17-3-5-18(13-26)6-4-17/h3-8,11-12,14,20,27-29H,9-10,15-16H2,1-2H3/t20-/m1/s1. The van der Waals surface area contributed by atoms with Crippen LogP contribution in [0, 0.1) is 11.3 Å². The van der Waals surface area contributed by atoms with E-state index in [1.807, 2.05) is 30.3 Å². The van der Waals surface area contributed by atoms with Crippen molar-refractivity contribution in [2.45, 2.75) is 17.4 Å². The summed E-state index contributed by atoms with van der Waals surface area (Å²) < 4.78 is 38.3. The summed E-state index contributed by atoms with van der Waals surface area (Å²) in [5.41, 5.74) is 3.89. The van der Waals surface area contributed by atoms with Crippen LogP contribution < -0.4 is 24.8 Å². The summed E-state index contributed by atoms with van der Waals surface area (Å²) in [5.74, 6) is 1.04. The molecule has 0 unspecified atom stereocenters. The van der Waals surface area contributed by atoms with Crippen molar-refractivity contribution in [2.24, 2.45) is 0 Å². The zero-order valence-electron chi connectivity index (χ0n) is 19.5. The Bertz CT molecular complexity index is 1340. The molecule has 2 heterocycles. The number of sulfonamides is 1. The zero-order chi connectivity index (χ0) is 24.8. The quantitative estimate of drug-likeness (QED) is 0.389. The number of nitriles is 1. The number of pyridine rings is 1. The lowest BCUT2D eigenvalue weighted by atomic mass is 10.1. The maximum Gasteiger partial charge on any atom is 0.240 e. The zero-order valence-corrected chi connectivity index (χ0v) is 20.4. The van der Waals surface area contributed by atoms with E-state index in [-0.39, 0.29) is 11.0 Å². The van der Waals surface area contributed by atoms with Gasteiger partial charge in [-0.15, -0.1) is 0 Å². The molecule has 4 rings (SSSR count). The van der Waals surface area contributed by atoms with Gasteiger partial charge in [0, 0.05) is 23.9 Å². The van der Waals surface area contributed by atoms with Crippen molar-refractivity contribution in [1.29, 1.82) is 5.26 Å². The Morgan fingerprint density at radius 2 is 2.03 bits per heavy atom. The van der Waals surface area contributed by atoms with Crippen LogP contribution in [0.3, 0.4) is 0 Å². The number of nitrogens with one attached hydrogen (secondary N) is 3. The summed E-state index contributed by atoms with van der Waals surface area (Å²) in [6.45, 7) is 2.05. The Hall–Kier alpha value is -3.65. The lowest BCUT2D eigenvalue weighted by Crippen LogP contribution is -2.40. The fourth-order valence-corrected chi connectivity index (χ4v) is 4.55. The molecule has 35 heavy (non-hydrogen) atoms. The summed E-state index contributed by atoms with van der Waals surface area (Å²) in [5, 5.41) is 15.6. The number of ether oxygens (including phenoxy) is 2. The highest BCUT2D eigenvalue weighted by molar-refractivity contribution is 7.89. The number of fused-ring (bicyclic) bond motifs is 1. The van der Waals surface area contributed by atoms with Crippen molar-refractivity contribution in [1.82, 2.24) is 15.0 Å². The number of nitrogens with zero attached hydrogens (tertiary/aromatic N) is 2. The molecule has 0 bridgehead atoms. The predicted octanol–water partition coefficient (Wildman–Crippen LogP) is 2.54. The molecule has 0 aliphatic carbocycles. The monoisotopic (exact) mass is 493 g/mol. The van der Waals surface area contributed by atoms with Crippen LogP contribution >= 0.6 is 0 Å². The fraction of sp³-hybridized carbons (Fsp3) is 0.280. The molecule has 1 aliphatic rings. The van der Waals surface area contributed by atoms with Gasteiger partial charge >= 0.3 is 0 Å². The first-order valence-electron chi connectivity index (χ1n) is 11.2. The molecule has 9 nitrogen and oxygen atoms in total. The van der Waals surface area contributed by atoms with Gasteiger partial charge in [0.2, 0.25) is 15.9 Å². The number of rotatable bonds is 9. The Balaban J connectivity index is 1.39. The van der Waals surface area contributed by atoms with Crippen LogP contribution in [-0.4, -0.2) is 53.3 Å². The van der Waals surface area contributed by atoms with Crippen molar-refractivity contribution in [3.63, 3.8) is 0 Å². The van der Waals surface area contributed by atoms with E-state index in [0.717, 1.165) is 18.7 Å². The summed E-state index contributed by atoms with van der Waals surface area (Å²) >= 11 is 0. The largest absolute Gasteiger partial charge is 0.496 e. The van der Waals surface area contributed by atoms with Gasteiger partial charge in [0.1, 0.15) is 11.9 Å². The molecule has 0 fully saturated rings. The van der Waals surface area contributed by atoms with Gasteiger partial charge in [-0.2, -0.15) is 5.26 Å². The first kappa shape index (κ1) is 24.5. The summed E-state index contributed by atoms with van der Waals surface area (Å²) in [6, 6.07) is 16.3. The van der Waals surface area contributed by atoms with Crippen LogP contribution in [0.15, 0.2) is 59.6 Å². The van der Waals surface area contributed by atoms with Gasteiger partial charge in [-0.3, -0.25) is 0 Å². The van der Waals surface area contributed by atoms with E-state index in [2.05, 4.69) is 26.4 Å². The van der Waals surface area contributed by atoms with Gasteiger partial charge < -0.3 is 20.1 Å². The van der Waals surface area contributed by atoms with Crippen molar-refractivity contribution < 1.29 is 17.9 Å². The van der Waals surface area contributed by atoms with E-state index >= 15 is 0 Å². The van der Waals surface area contributed by atoms with Crippen LogP contribution in [0.25, 0.3) is 11.1 Å². The van der Waals surface area contributed by atoms with Crippen LogP contribution in [-0.2, 0) is 16.4 Å². The highest BCUT2D eigenvalue weighted by atomic mass is 32.2. The summed E-state index contributed by atoms with van der Waals surface area (Å²) in [7, 11) is -0.683. The molecule has 182 valence electrons. The number of anilines is 1. The molecule has 0 radical (unpaired) electrons. The number of benzene rings is 2. The first-order chi connectivity index (χ1) is 16.9. The van der Waals surface area contributed by atoms with Crippen LogP contribution in [0.4, 0.5) is 5.69 Å². The van der Waals surface area contributed by atoms with Gasteiger partial charge in [-0.1, -0.05) is 12.1 Å². The topological polar surface area (TPSA) is 125 Å². The second-order valence-electron chi connectivity index (χ2n) is 8.03. The molecular weight excluding hydrogens is 466 g/mol. The maximum absolute atomic E-state index is 12.3. The lowest BCUT2D eigenvalue weighted by Gasteiger charge is -2.27. The molecule has 1 aromatic heterocycles. The minimum absolute atomic E-state index is 0.0829. The number of hydrogen-bond donors (Lipinski definition) is 3. The number of aromatic nitrogens is 1. The average molecular weight is 494 g/mol. The molecule has 1 atom stereocenters. The van der Waals surface area contributed by atoms with Crippen LogP contribution in [0.5, 0.6) is 11.6 Å². The van der Waals surface area contributed by atoms with Gasteiger partial charge in [0.15, 0.2) is 0 Å². The molecule has 0 saturated heterocycles. The van der Waals surface area contributed by atoms with E-state index in [4.69, 9.17) is 14.7 Å². The van der Waals surface area contributed by atoms with Crippen LogP contribution in [0.2, 0.25) is 0 Å². The third-order valence-electron chi connectivity index (χ3n) is 5.76. The highest BCUT2D eigenvalue weighted by Crippen LogP contribution is 2.36. The predicted molar refractivity (Wildman–Crippen MR) is 133 cm³/mol. The smallest absolute Gasteiger partial charge is 0.240 e. The molecule has 3 N–H and O–H groups in total. The minimum Gasteiger partial charge on any atom is -0.496 e. The van der Waals surface area contributed by atoms with Crippen molar-refractivity contribution in [3.8, 4) is 28.8 Å². The second-order valence-corrected chi connectivity index (χ2v) is 9.92. The summed E-state index contributed by atoms with van der Waals surface area (Å²) in [6.07, 6.45) is 2.42. The minimum atomic E-state index is -3.60. The molecule has 1 aliphatic heterocycles. The van der Waals surface area contributed by atoms with E-state index in [0.29, 0.717) is 41.4 Å². The molecule has 2 aromatic carbocycles. The fourth-order valence-electron chi connectivity index (χ4n) is 3.80. The number of methoxy groups -OCH3 is 1. The highest BCUT2D eigenvalue weighted by Gasteiger charge is 2.22. The van der Waals surface area contributed by atoms with E-state index < -0.39 is 10.0 Å². The lowest BCUT2D eigenvalue weighted by molar-refractivity contribution is 0.194. The molecule has 10 heteroatoms. The average Bonchev–Trinajstić information content (AvgIpc) is 2.90. The maximum atomic E-state index is 12.3. The molecule has 3 aromatic rings. The Morgan fingerprint density at radius 3 is 2.74 bits per heavy atom. The van der Waals surface area contributed by atoms with Gasteiger partial charge in [-0.05, 0) is 62.0 Å². The molecule has 0 spiro atoms. The molecule has 0 amide bonds. The number of hydrogen-bond acceptors (Lipinski definition) is 8. The first-order valence-corrected chi connectivity index (χ1v) is 12.6. The van der Waals surface area contributed by atoms with E-state index in [1.165, 1.54) is 25.8 Å². The van der Waals surface area contributed by atoms with Gasteiger partial charge in [-0.25, -0.2) is 18.1 Å². The third-order valence-corrected chi connectivity index (χ3v) is 7.17. The molecule has 0 saturated carbocycles. The van der Waals surface area contributed by atoms with Crippen molar-refractivity contribution >= 4 is 15.7 Å². The van der Waals surface area contributed by atoms with E-state index in [9.17, 15) is 8.42 Å². The van der Waals surface area contributed by atoms with Crippen LogP contribution in [0.1, 0.15) is 11.1 Å². The Morgan fingerprint density at radius 1 is 1.23 bits per heavy atom. The third kappa shape index (κ3) is 5.71. The van der Waals surface area contributed by atoms with E-state index in [1.54, 1.807) is 18.3 Å². The normalized spacial score (nSPS) is 14.8. The summed E-state index contributed by atoms with van der Waals surface area (Å²) in [4.78, 5) is 4.61. The van der Waals surface area contributed by atoms with Crippen molar-refractivity contribution in [2.75, 3.05) is 39.1 Å². The SMILES string of the molecule is CNS(=O)(=O)c1ccc(OC)c(-c2cnc3c(c2)NC[C@@H](CNCCc2ccc(C#N)cc2)O3)c1. The Labute approximate surface area is 205 Å². The van der Waals surface area contributed by atoms with Crippen molar-refractivity contribution in [3.05, 3.63) is 65.9 Å².